The summed E-state index contributed by atoms with van der Waals surface area (Å²) in [7, 11) is 0. The minimum atomic E-state index is -0.858. The lowest BCUT2D eigenvalue weighted by Gasteiger charge is -2.28. The molecule has 0 bridgehead atoms. The summed E-state index contributed by atoms with van der Waals surface area (Å²) in [6.07, 6.45) is 8.53. The molecule has 1 aliphatic rings. The molecule has 0 radical (unpaired) electrons. The summed E-state index contributed by atoms with van der Waals surface area (Å²) in [5, 5.41) is 9.23. The summed E-state index contributed by atoms with van der Waals surface area (Å²) < 4.78 is 5.50. The second kappa shape index (κ2) is 9.86. The highest BCUT2D eigenvalue weighted by molar-refractivity contribution is 5.81. The Morgan fingerprint density at radius 2 is 1.59 bits per heavy atom. The number of esters is 1. The Balaban J connectivity index is 2.29. The summed E-state index contributed by atoms with van der Waals surface area (Å²) in [5.41, 5.74) is 0. The molecule has 1 saturated carbocycles. The Morgan fingerprint density at radius 3 is 2.18 bits per heavy atom. The maximum Gasteiger partial charge on any atom is 0.310 e. The van der Waals surface area contributed by atoms with Gasteiger partial charge in [0.1, 0.15) is 0 Å². The third-order valence-corrected chi connectivity index (χ3v) is 4.60. The molecule has 1 aliphatic carbocycles. The van der Waals surface area contributed by atoms with E-state index in [1.54, 1.807) is 0 Å². The van der Waals surface area contributed by atoms with Crippen LogP contribution in [0.3, 0.4) is 0 Å². The van der Waals surface area contributed by atoms with Crippen LogP contribution in [0.2, 0.25) is 0 Å². The van der Waals surface area contributed by atoms with E-state index in [0.717, 1.165) is 31.6 Å². The van der Waals surface area contributed by atoms with Gasteiger partial charge in [0.15, 0.2) is 0 Å². The minimum Gasteiger partial charge on any atom is -0.481 e. The molecular weight excluding hydrogens is 280 g/mol. The number of carbonyl (C=O) groups excluding carboxylic acids is 1. The highest BCUT2D eigenvalue weighted by atomic mass is 16.5. The van der Waals surface area contributed by atoms with Crippen LogP contribution in [0.15, 0.2) is 0 Å². The number of ether oxygens (including phenoxy) is 1. The number of aliphatic carboxylic acids is 1. The minimum absolute atomic E-state index is 0.108. The van der Waals surface area contributed by atoms with Gasteiger partial charge < -0.3 is 9.84 Å². The van der Waals surface area contributed by atoms with Gasteiger partial charge in [-0.2, -0.15) is 0 Å². The standard InChI is InChI=1S/C18H32O4/c1-13(2)9-5-4-6-10-14(3)22-18(21)16-12-8-7-11-15(16)17(19)20/h13-16H,4-12H2,1-3H3,(H,19,20). The van der Waals surface area contributed by atoms with Crippen LogP contribution in [-0.2, 0) is 14.3 Å². The molecule has 3 unspecified atom stereocenters. The Bertz CT molecular complexity index is 351. The third-order valence-electron chi connectivity index (χ3n) is 4.60. The van der Waals surface area contributed by atoms with Gasteiger partial charge in [-0.15, -0.1) is 0 Å². The molecule has 1 fully saturated rings. The Labute approximate surface area is 134 Å². The van der Waals surface area contributed by atoms with E-state index in [9.17, 15) is 14.7 Å². The highest BCUT2D eigenvalue weighted by Crippen LogP contribution is 2.31. The smallest absolute Gasteiger partial charge is 0.310 e. The molecule has 0 aliphatic heterocycles. The molecule has 0 amide bonds. The molecule has 128 valence electrons. The maximum absolute atomic E-state index is 12.2. The second-order valence-corrected chi connectivity index (χ2v) is 7.12. The lowest BCUT2D eigenvalue weighted by Crippen LogP contribution is -2.35. The third kappa shape index (κ3) is 6.80. The molecule has 1 rings (SSSR count). The number of unbranched alkanes of at least 4 members (excludes halogenated alkanes) is 2. The molecule has 0 aromatic rings. The predicted octanol–water partition coefficient (Wildman–Crippen LogP) is 4.42. The normalized spacial score (nSPS) is 23.3. The van der Waals surface area contributed by atoms with Crippen molar-refractivity contribution in [1.29, 1.82) is 0 Å². The summed E-state index contributed by atoms with van der Waals surface area (Å²) in [4.78, 5) is 23.5. The molecule has 0 heterocycles. The van der Waals surface area contributed by atoms with Crippen molar-refractivity contribution in [1.82, 2.24) is 0 Å². The number of rotatable bonds is 9. The van der Waals surface area contributed by atoms with Crippen molar-refractivity contribution in [2.45, 2.75) is 84.7 Å². The fourth-order valence-corrected chi connectivity index (χ4v) is 3.21. The van der Waals surface area contributed by atoms with Crippen molar-refractivity contribution in [2.75, 3.05) is 0 Å². The lowest BCUT2D eigenvalue weighted by molar-refractivity contribution is -0.163. The van der Waals surface area contributed by atoms with Crippen molar-refractivity contribution in [2.24, 2.45) is 17.8 Å². The van der Waals surface area contributed by atoms with Gasteiger partial charge in [0.05, 0.1) is 17.9 Å². The molecule has 1 N–H and O–H groups in total. The van der Waals surface area contributed by atoms with Crippen LogP contribution in [0.25, 0.3) is 0 Å². The molecule has 0 aromatic heterocycles. The molecule has 3 atom stereocenters. The number of carboxylic acid groups (broad SMARTS) is 1. The largest absolute Gasteiger partial charge is 0.481 e. The van der Waals surface area contributed by atoms with Gasteiger partial charge in [-0.25, -0.2) is 0 Å². The monoisotopic (exact) mass is 312 g/mol. The van der Waals surface area contributed by atoms with Crippen molar-refractivity contribution >= 4 is 11.9 Å². The highest BCUT2D eigenvalue weighted by Gasteiger charge is 2.37. The first-order valence-electron chi connectivity index (χ1n) is 8.85. The van der Waals surface area contributed by atoms with E-state index >= 15 is 0 Å². The van der Waals surface area contributed by atoms with Gasteiger partial charge >= 0.3 is 11.9 Å². The van der Waals surface area contributed by atoms with Gasteiger partial charge in [-0.1, -0.05) is 46.0 Å². The number of carbonyl (C=O) groups is 2. The fraction of sp³-hybridized carbons (Fsp3) is 0.889. The topological polar surface area (TPSA) is 63.6 Å². The van der Waals surface area contributed by atoms with Crippen molar-refractivity contribution in [3.63, 3.8) is 0 Å². The summed E-state index contributed by atoms with van der Waals surface area (Å²) in [5.74, 6) is -1.42. The van der Waals surface area contributed by atoms with Crippen molar-refractivity contribution in [3.05, 3.63) is 0 Å². The van der Waals surface area contributed by atoms with Crippen LogP contribution in [0.1, 0.15) is 78.6 Å². The number of hydrogen-bond donors (Lipinski definition) is 1. The predicted molar refractivity (Wildman–Crippen MR) is 86.6 cm³/mol. The SMILES string of the molecule is CC(C)CCCCCC(C)OC(=O)C1CCCCC1C(=O)O. The first-order valence-corrected chi connectivity index (χ1v) is 8.85. The Morgan fingerprint density at radius 1 is 1.00 bits per heavy atom. The molecule has 0 saturated heterocycles. The molecule has 0 aromatic carbocycles. The van der Waals surface area contributed by atoms with Crippen molar-refractivity contribution < 1.29 is 19.4 Å². The Kier molecular flexibility index (Phi) is 8.51. The van der Waals surface area contributed by atoms with E-state index in [2.05, 4.69) is 13.8 Å². The molecular formula is C18H32O4. The molecule has 22 heavy (non-hydrogen) atoms. The van der Waals surface area contributed by atoms with Crippen molar-refractivity contribution in [3.8, 4) is 0 Å². The van der Waals surface area contributed by atoms with Crippen LogP contribution in [0.4, 0.5) is 0 Å². The van der Waals surface area contributed by atoms with E-state index in [-0.39, 0.29) is 12.1 Å². The summed E-state index contributed by atoms with van der Waals surface area (Å²) in [6.45, 7) is 6.37. The summed E-state index contributed by atoms with van der Waals surface area (Å²) in [6, 6.07) is 0. The van der Waals surface area contributed by atoms with Crippen LogP contribution in [0, 0.1) is 17.8 Å². The van der Waals surface area contributed by atoms with Crippen LogP contribution in [0.5, 0.6) is 0 Å². The van der Waals surface area contributed by atoms with Gasteiger partial charge in [0.2, 0.25) is 0 Å². The van der Waals surface area contributed by atoms with E-state index in [4.69, 9.17) is 4.74 Å². The maximum atomic E-state index is 12.2. The number of hydrogen-bond acceptors (Lipinski definition) is 3. The molecule has 4 nitrogen and oxygen atoms in total. The van der Waals surface area contributed by atoms with Crippen LogP contribution < -0.4 is 0 Å². The lowest BCUT2D eigenvalue weighted by atomic mass is 9.79. The van der Waals surface area contributed by atoms with E-state index in [1.807, 2.05) is 6.92 Å². The van der Waals surface area contributed by atoms with Gasteiger partial charge in [0, 0.05) is 0 Å². The zero-order valence-corrected chi connectivity index (χ0v) is 14.3. The quantitative estimate of drug-likeness (QED) is 0.506. The average molecular weight is 312 g/mol. The van der Waals surface area contributed by atoms with E-state index < -0.39 is 17.8 Å². The van der Waals surface area contributed by atoms with E-state index in [1.165, 1.54) is 19.3 Å². The average Bonchev–Trinajstić information content (AvgIpc) is 2.46. The van der Waals surface area contributed by atoms with Gasteiger partial charge in [-0.05, 0) is 38.5 Å². The van der Waals surface area contributed by atoms with E-state index in [0.29, 0.717) is 12.8 Å². The molecule has 4 heteroatoms. The zero-order valence-electron chi connectivity index (χ0n) is 14.3. The zero-order chi connectivity index (χ0) is 16.5. The van der Waals surface area contributed by atoms with Crippen LogP contribution >= 0.6 is 0 Å². The van der Waals surface area contributed by atoms with Gasteiger partial charge in [0.25, 0.3) is 0 Å². The van der Waals surface area contributed by atoms with Crippen LogP contribution in [-0.4, -0.2) is 23.1 Å². The summed E-state index contributed by atoms with van der Waals surface area (Å²) >= 11 is 0. The first-order chi connectivity index (χ1) is 10.4. The fourth-order valence-electron chi connectivity index (χ4n) is 3.21. The Hall–Kier alpha value is -1.06. The number of carboxylic acids is 1. The molecule has 0 spiro atoms. The van der Waals surface area contributed by atoms with Gasteiger partial charge in [-0.3, -0.25) is 9.59 Å². The first kappa shape index (κ1) is 19.0. The second-order valence-electron chi connectivity index (χ2n) is 7.12.